The highest BCUT2D eigenvalue weighted by atomic mass is 16.7. The quantitative estimate of drug-likeness (QED) is 0.786. The fourth-order valence-electron chi connectivity index (χ4n) is 3.70. The van der Waals surface area contributed by atoms with Gasteiger partial charge in [0.05, 0.1) is 11.2 Å². The van der Waals surface area contributed by atoms with Crippen LogP contribution in [0.25, 0.3) is 0 Å². The molecule has 0 atom stereocenters. The second-order valence-corrected chi connectivity index (χ2v) is 8.63. The SMILES string of the molecule is Cc1ccc2c(c1)N(Cc1ccc(B3OC(C)(C)C(C)(C)O3)cc1)CC2. The number of rotatable bonds is 3. The van der Waals surface area contributed by atoms with Crippen LogP contribution in [-0.2, 0) is 22.3 Å². The lowest BCUT2D eigenvalue weighted by Crippen LogP contribution is -2.41. The van der Waals surface area contributed by atoms with E-state index in [9.17, 15) is 0 Å². The van der Waals surface area contributed by atoms with Gasteiger partial charge >= 0.3 is 7.12 Å². The minimum Gasteiger partial charge on any atom is -0.399 e. The van der Waals surface area contributed by atoms with E-state index in [0.717, 1.165) is 25.0 Å². The summed E-state index contributed by atoms with van der Waals surface area (Å²) in [7, 11) is -0.288. The van der Waals surface area contributed by atoms with Gasteiger partial charge in [-0.2, -0.15) is 0 Å². The van der Waals surface area contributed by atoms with E-state index in [1.807, 2.05) is 0 Å². The van der Waals surface area contributed by atoms with Crippen LogP contribution in [0.2, 0.25) is 0 Å². The van der Waals surface area contributed by atoms with Crippen LogP contribution in [0, 0.1) is 6.92 Å². The first-order valence-electron chi connectivity index (χ1n) is 9.54. The van der Waals surface area contributed by atoms with Crippen molar-refractivity contribution < 1.29 is 9.31 Å². The van der Waals surface area contributed by atoms with Gasteiger partial charge in [0.15, 0.2) is 0 Å². The zero-order valence-corrected chi connectivity index (χ0v) is 16.5. The second-order valence-electron chi connectivity index (χ2n) is 8.63. The van der Waals surface area contributed by atoms with Gasteiger partial charge in [0, 0.05) is 18.8 Å². The van der Waals surface area contributed by atoms with Crippen LogP contribution in [0.1, 0.15) is 44.4 Å². The van der Waals surface area contributed by atoms with E-state index in [2.05, 4.69) is 82.0 Å². The van der Waals surface area contributed by atoms with Gasteiger partial charge in [0.25, 0.3) is 0 Å². The number of fused-ring (bicyclic) bond motifs is 1. The molecule has 0 aliphatic carbocycles. The predicted molar refractivity (Wildman–Crippen MR) is 108 cm³/mol. The number of hydrogen-bond acceptors (Lipinski definition) is 3. The minimum absolute atomic E-state index is 0.288. The molecular weight excluding hydrogens is 321 g/mol. The van der Waals surface area contributed by atoms with Crippen molar-refractivity contribution in [2.45, 2.75) is 58.8 Å². The van der Waals surface area contributed by atoms with Gasteiger partial charge in [-0.25, -0.2) is 0 Å². The standard InChI is InChI=1S/C22H28BNO2/c1-16-6-9-18-12-13-24(20(18)14-16)15-17-7-10-19(11-8-17)23-25-21(2,3)22(4,5)26-23/h6-11,14H,12-13,15H2,1-5H3. The molecule has 2 aromatic carbocycles. The molecule has 136 valence electrons. The normalized spacial score (nSPS) is 20.5. The summed E-state index contributed by atoms with van der Waals surface area (Å²) in [5.41, 5.74) is 5.99. The molecule has 2 aromatic rings. The van der Waals surface area contributed by atoms with Crippen molar-refractivity contribution in [2.75, 3.05) is 11.4 Å². The van der Waals surface area contributed by atoms with Crippen LogP contribution < -0.4 is 10.4 Å². The molecule has 0 saturated carbocycles. The lowest BCUT2D eigenvalue weighted by Gasteiger charge is -2.32. The summed E-state index contributed by atoms with van der Waals surface area (Å²) in [5, 5.41) is 0. The maximum atomic E-state index is 6.15. The number of hydrogen-bond donors (Lipinski definition) is 0. The molecule has 1 saturated heterocycles. The lowest BCUT2D eigenvalue weighted by atomic mass is 9.79. The third-order valence-electron chi connectivity index (χ3n) is 6.11. The van der Waals surface area contributed by atoms with E-state index < -0.39 is 0 Å². The Morgan fingerprint density at radius 1 is 0.962 bits per heavy atom. The molecule has 2 aliphatic heterocycles. The molecule has 0 radical (unpaired) electrons. The van der Waals surface area contributed by atoms with Crippen molar-refractivity contribution in [3.63, 3.8) is 0 Å². The monoisotopic (exact) mass is 349 g/mol. The first kappa shape index (κ1) is 17.6. The van der Waals surface area contributed by atoms with Crippen LogP contribution in [0.4, 0.5) is 5.69 Å². The van der Waals surface area contributed by atoms with Gasteiger partial charge < -0.3 is 14.2 Å². The van der Waals surface area contributed by atoms with Crippen LogP contribution in [0.5, 0.6) is 0 Å². The number of nitrogens with zero attached hydrogens (tertiary/aromatic N) is 1. The fraction of sp³-hybridized carbons (Fsp3) is 0.455. The Kier molecular flexibility index (Phi) is 4.16. The third kappa shape index (κ3) is 3.06. The van der Waals surface area contributed by atoms with Crippen LogP contribution >= 0.6 is 0 Å². The molecule has 0 bridgehead atoms. The van der Waals surface area contributed by atoms with Crippen molar-refractivity contribution in [2.24, 2.45) is 0 Å². The minimum atomic E-state index is -0.298. The molecule has 4 heteroatoms. The number of benzene rings is 2. The summed E-state index contributed by atoms with van der Waals surface area (Å²) in [6.45, 7) is 12.6. The highest BCUT2D eigenvalue weighted by Crippen LogP contribution is 2.36. The Balaban J connectivity index is 1.48. The zero-order chi connectivity index (χ0) is 18.5. The maximum absolute atomic E-state index is 6.15. The van der Waals surface area contributed by atoms with Crippen molar-refractivity contribution in [3.8, 4) is 0 Å². The van der Waals surface area contributed by atoms with Gasteiger partial charge in [-0.1, -0.05) is 36.4 Å². The summed E-state index contributed by atoms with van der Waals surface area (Å²) < 4.78 is 12.3. The first-order chi connectivity index (χ1) is 12.2. The summed E-state index contributed by atoms with van der Waals surface area (Å²) in [5.74, 6) is 0. The maximum Gasteiger partial charge on any atom is 0.494 e. The fourth-order valence-corrected chi connectivity index (χ4v) is 3.70. The van der Waals surface area contributed by atoms with Gasteiger partial charge in [-0.15, -0.1) is 0 Å². The average molecular weight is 349 g/mol. The molecule has 3 nitrogen and oxygen atoms in total. The molecule has 4 rings (SSSR count). The van der Waals surface area contributed by atoms with Crippen LogP contribution in [-0.4, -0.2) is 24.9 Å². The van der Waals surface area contributed by atoms with Gasteiger partial charge in [-0.05, 0) is 69.3 Å². The summed E-state index contributed by atoms with van der Waals surface area (Å²) in [6, 6.07) is 15.5. The largest absolute Gasteiger partial charge is 0.494 e. The molecule has 0 unspecified atom stereocenters. The van der Waals surface area contributed by atoms with Crippen molar-refractivity contribution in [1.29, 1.82) is 0 Å². The van der Waals surface area contributed by atoms with Crippen molar-refractivity contribution in [3.05, 3.63) is 59.2 Å². The molecule has 2 aliphatic rings. The molecule has 26 heavy (non-hydrogen) atoms. The Morgan fingerprint density at radius 3 is 2.27 bits per heavy atom. The Labute approximate surface area is 157 Å². The summed E-state index contributed by atoms with van der Waals surface area (Å²) in [4.78, 5) is 2.48. The van der Waals surface area contributed by atoms with Crippen molar-refractivity contribution in [1.82, 2.24) is 0 Å². The molecule has 2 heterocycles. The zero-order valence-electron chi connectivity index (χ0n) is 16.5. The van der Waals surface area contributed by atoms with E-state index in [1.165, 1.54) is 22.4 Å². The van der Waals surface area contributed by atoms with Crippen molar-refractivity contribution >= 4 is 18.3 Å². The molecular formula is C22H28BNO2. The van der Waals surface area contributed by atoms with E-state index in [-0.39, 0.29) is 18.3 Å². The average Bonchev–Trinajstić information content (AvgIpc) is 3.06. The lowest BCUT2D eigenvalue weighted by molar-refractivity contribution is 0.00578. The van der Waals surface area contributed by atoms with E-state index >= 15 is 0 Å². The molecule has 1 fully saturated rings. The third-order valence-corrected chi connectivity index (χ3v) is 6.11. The van der Waals surface area contributed by atoms with Gasteiger partial charge in [-0.3, -0.25) is 0 Å². The van der Waals surface area contributed by atoms with E-state index in [0.29, 0.717) is 0 Å². The predicted octanol–water partition coefficient (Wildman–Crippen LogP) is 3.86. The summed E-state index contributed by atoms with van der Waals surface area (Å²) >= 11 is 0. The molecule has 0 spiro atoms. The highest BCUT2D eigenvalue weighted by Gasteiger charge is 2.51. The second kappa shape index (κ2) is 6.14. The smallest absolute Gasteiger partial charge is 0.399 e. The first-order valence-corrected chi connectivity index (χ1v) is 9.54. The highest BCUT2D eigenvalue weighted by molar-refractivity contribution is 6.62. The van der Waals surface area contributed by atoms with Crippen LogP contribution in [0.3, 0.4) is 0 Å². The summed E-state index contributed by atoms with van der Waals surface area (Å²) in [6.07, 6.45) is 1.14. The number of anilines is 1. The topological polar surface area (TPSA) is 21.7 Å². The number of aryl methyl sites for hydroxylation is 1. The van der Waals surface area contributed by atoms with Gasteiger partial charge in [0.2, 0.25) is 0 Å². The molecule has 0 N–H and O–H groups in total. The molecule has 0 amide bonds. The Bertz CT molecular complexity index is 797. The molecule has 0 aromatic heterocycles. The Morgan fingerprint density at radius 2 is 1.62 bits per heavy atom. The van der Waals surface area contributed by atoms with Gasteiger partial charge in [0.1, 0.15) is 0 Å². The Hall–Kier alpha value is -1.78. The van der Waals surface area contributed by atoms with E-state index in [4.69, 9.17) is 9.31 Å². The van der Waals surface area contributed by atoms with Crippen LogP contribution in [0.15, 0.2) is 42.5 Å². The van der Waals surface area contributed by atoms with E-state index in [1.54, 1.807) is 0 Å².